The number of rotatable bonds is 4. The first-order valence-corrected chi connectivity index (χ1v) is 6.98. The van der Waals surface area contributed by atoms with Crippen LogP contribution >= 0.6 is 0 Å². The van der Waals surface area contributed by atoms with E-state index in [9.17, 15) is 0 Å². The van der Waals surface area contributed by atoms with Crippen molar-refractivity contribution in [2.45, 2.75) is 32.2 Å². The summed E-state index contributed by atoms with van der Waals surface area (Å²) in [5, 5.41) is 0. The molecule has 0 amide bonds. The highest BCUT2D eigenvalue weighted by Crippen LogP contribution is 2.41. The molecule has 1 saturated carbocycles. The second kappa shape index (κ2) is 4.87. The molecule has 1 aliphatic carbocycles. The first-order chi connectivity index (χ1) is 9.62. The first-order valence-electron chi connectivity index (χ1n) is 6.98. The number of hydrogen-bond acceptors (Lipinski definition) is 4. The predicted octanol–water partition coefficient (Wildman–Crippen LogP) is 2.80. The lowest BCUT2D eigenvalue weighted by Crippen LogP contribution is -2.22. The number of ether oxygens (including phenoxy) is 1. The number of nitrogens with two attached hydrogens (primary N) is 1. The van der Waals surface area contributed by atoms with Crippen LogP contribution in [-0.2, 0) is 5.54 Å². The summed E-state index contributed by atoms with van der Waals surface area (Å²) in [6, 6.07) is 8.03. The zero-order chi connectivity index (χ0) is 14.2. The Morgan fingerprint density at radius 3 is 2.75 bits per heavy atom. The standard InChI is InChI=1S/C16H19N3O/c1-3-20-14-5-4-12(10-11(14)2)13-6-9-18-15(19-13)16(17)7-8-16/h4-6,9-10H,3,7-8,17H2,1-2H3. The van der Waals surface area contributed by atoms with Crippen LogP contribution in [0.25, 0.3) is 11.3 Å². The summed E-state index contributed by atoms with van der Waals surface area (Å²) in [5.41, 5.74) is 8.96. The molecule has 20 heavy (non-hydrogen) atoms. The highest BCUT2D eigenvalue weighted by Gasteiger charge is 2.43. The Morgan fingerprint density at radius 2 is 2.10 bits per heavy atom. The number of aryl methyl sites for hydroxylation is 1. The quantitative estimate of drug-likeness (QED) is 0.927. The van der Waals surface area contributed by atoms with Crippen LogP contribution in [-0.4, -0.2) is 16.6 Å². The lowest BCUT2D eigenvalue weighted by atomic mass is 10.1. The van der Waals surface area contributed by atoms with Gasteiger partial charge in [0.05, 0.1) is 17.8 Å². The molecule has 0 saturated heterocycles. The fourth-order valence-electron chi connectivity index (χ4n) is 2.24. The summed E-state index contributed by atoms with van der Waals surface area (Å²) in [4.78, 5) is 8.92. The molecule has 4 nitrogen and oxygen atoms in total. The molecule has 1 aliphatic rings. The van der Waals surface area contributed by atoms with Gasteiger partial charge in [-0.25, -0.2) is 9.97 Å². The third kappa shape index (κ3) is 2.39. The van der Waals surface area contributed by atoms with Gasteiger partial charge >= 0.3 is 0 Å². The molecule has 0 atom stereocenters. The molecular weight excluding hydrogens is 250 g/mol. The van der Waals surface area contributed by atoms with Crippen molar-refractivity contribution in [3.8, 4) is 17.0 Å². The molecule has 0 unspecified atom stereocenters. The van der Waals surface area contributed by atoms with Crippen LogP contribution in [0.3, 0.4) is 0 Å². The second-order valence-corrected chi connectivity index (χ2v) is 5.33. The smallest absolute Gasteiger partial charge is 0.148 e. The maximum absolute atomic E-state index is 6.16. The highest BCUT2D eigenvalue weighted by molar-refractivity contribution is 5.61. The Kier molecular flexibility index (Phi) is 3.18. The van der Waals surface area contributed by atoms with E-state index in [1.807, 2.05) is 32.0 Å². The molecule has 0 radical (unpaired) electrons. The van der Waals surface area contributed by atoms with Crippen LogP contribution in [0.15, 0.2) is 30.5 Å². The molecule has 1 heterocycles. The third-order valence-electron chi connectivity index (χ3n) is 3.66. The Balaban J connectivity index is 1.95. The zero-order valence-corrected chi connectivity index (χ0v) is 11.9. The van der Waals surface area contributed by atoms with Crippen LogP contribution in [0.5, 0.6) is 5.75 Å². The van der Waals surface area contributed by atoms with E-state index < -0.39 is 0 Å². The Hall–Kier alpha value is -1.94. The van der Waals surface area contributed by atoms with E-state index in [4.69, 9.17) is 10.5 Å². The lowest BCUT2D eigenvalue weighted by Gasteiger charge is -2.11. The van der Waals surface area contributed by atoms with Gasteiger partial charge in [-0.2, -0.15) is 0 Å². The zero-order valence-electron chi connectivity index (χ0n) is 11.9. The van der Waals surface area contributed by atoms with E-state index in [1.54, 1.807) is 6.20 Å². The van der Waals surface area contributed by atoms with Gasteiger partial charge in [0.2, 0.25) is 0 Å². The van der Waals surface area contributed by atoms with Crippen molar-refractivity contribution in [2.24, 2.45) is 5.73 Å². The van der Waals surface area contributed by atoms with Crippen molar-refractivity contribution >= 4 is 0 Å². The summed E-state index contributed by atoms with van der Waals surface area (Å²) in [6.07, 6.45) is 3.73. The molecule has 4 heteroatoms. The van der Waals surface area contributed by atoms with Crippen molar-refractivity contribution < 1.29 is 4.74 Å². The topological polar surface area (TPSA) is 61.0 Å². The van der Waals surface area contributed by atoms with Crippen molar-refractivity contribution in [1.82, 2.24) is 9.97 Å². The lowest BCUT2D eigenvalue weighted by molar-refractivity contribution is 0.338. The van der Waals surface area contributed by atoms with Gasteiger partial charge in [-0.05, 0) is 56.5 Å². The van der Waals surface area contributed by atoms with E-state index >= 15 is 0 Å². The Bertz CT molecular complexity index is 635. The first kappa shape index (κ1) is 13.1. The molecule has 1 aromatic heterocycles. The van der Waals surface area contributed by atoms with Gasteiger partial charge in [-0.1, -0.05) is 0 Å². The maximum atomic E-state index is 6.16. The van der Waals surface area contributed by atoms with Gasteiger partial charge in [0.15, 0.2) is 0 Å². The number of hydrogen-bond donors (Lipinski definition) is 1. The summed E-state index contributed by atoms with van der Waals surface area (Å²) in [5.74, 6) is 1.67. The van der Waals surface area contributed by atoms with E-state index in [1.165, 1.54) is 0 Å². The molecular formula is C16H19N3O. The largest absolute Gasteiger partial charge is 0.494 e. The van der Waals surface area contributed by atoms with Crippen molar-refractivity contribution in [3.05, 3.63) is 41.9 Å². The van der Waals surface area contributed by atoms with E-state index in [0.29, 0.717) is 6.61 Å². The normalized spacial score (nSPS) is 15.9. The summed E-state index contributed by atoms with van der Waals surface area (Å²) >= 11 is 0. The van der Waals surface area contributed by atoms with Gasteiger partial charge in [0.25, 0.3) is 0 Å². The fraction of sp³-hybridized carbons (Fsp3) is 0.375. The average Bonchev–Trinajstić information content (AvgIpc) is 3.21. The Labute approximate surface area is 119 Å². The SMILES string of the molecule is CCOc1ccc(-c2ccnc(C3(N)CC3)n2)cc1C. The fourth-order valence-corrected chi connectivity index (χ4v) is 2.24. The van der Waals surface area contributed by atoms with Gasteiger partial charge in [0.1, 0.15) is 11.6 Å². The molecule has 3 rings (SSSR count). The molecule has 0 aliphatic heterocycles. The van der Waals surface area contributed by atoms with Crippen molar-refractivity contribution in [1.29, 1.82) is 0 Å². The van der Waals surface area contributed by atoms with Crippen LogP contribution in [0.4, 0.5) is 0 Å². The summed E-state index contributed by atoms with van der Waals surface area (Å²) in [6.45, 7) is 4.70. The van der Waals surface area contributed by atoms with Gasteiger partial charge in [-0.15, -0.1) is 0 Å². The van der Waals surface area contributed by atoms with E-state index in [2.05, 4.69) is 16.0 Å². The number of nitrogens with zero attached hydrogens (tertiary/aromatic N) is 2. The Morgan fingerprint density at radius 1 is 1.30 bits per heavy atom. The molecule has 2 aromatic rings. The van der Waals surface area contributed by atoms with E-state index in [0.717, 1.165) is 41.2 Å². The minimum Gasteiger partial charge on any atom is -0.494 e. The van der Waals surface area contributed by atoms with Crippen LogP contribution < -0.4 is 10.5 Å². The molecule has 0 bridgehead atoms. The van der Waals surface area contributed by atoms with Crippen molar-refractivity contribution in [2.75, 3.05) is 6.61 Å². The highest BCUT2D eigenvalue weighted by atomic mass is 16.5. The summed E-state index contributed by atoms with van der Waals surface area (Å²) in [7, 11) is 0. The van der Waals surface area contributed by atoms with Crippen LogP contribution in [0.2, 0.25) is 0 Å². The third-order valence-corrected chi connectivity index (χ3v) is 3.66. The maximum Gasteiger partial charge on any atom is 0.148 e. The molecule has 1 aromatic carbocycles. The average molecular weight is 269 g/mol. The second-order valence-electron chi connectivity index (χ2n) is 5.33. The van der Waals surface area contributed by atoms with Gasteiger partial charge in [-0.3, -0.25) is 0 Å². The van der Waals surface area contributed by atoms with Crippen molar-refractivity contribution in [3.63, 3.8) is 0 Å². The van der Waals surface area contributed by atoms with Crippen LogP contribution in [0, 0.1) is 6.92 Å². The molecule has 104 valence electrons. The molecule has 0 spiro atoms. The predicted molar refractivity (Wildman–Crippen MR) is 78.5 cm³/mol. The molecule has 2 N–H and O–H groups in total. The number of benzene rings is 1. The van der Waals surface area contributed by atoms with Gasteiger partial charge in [0, 0.05) is 11.8 Å². The minimum absolute atomic E-state index is 0.295. The van der Waals surface area contributed by atoms with Crippen LogP contribution in [0.1, 0.15) is 31.2 Å². The summed E-state index contributed by atoms with van der Waals surface area (Å²) < 4.78 is 5.56. The monoisotopic (exact) mass is 269 g/mol. The van der Waals surface area contributed by atoms with Gasteiger partial charge < -0.3 is 10.5 Å². The molecule has 1 fully saturated rings. The number of aromatic nitrogens is 2. The minimum atomic E-state index is -0.295. The van der Waals surface area contributed by atoms with E-state index in [-0.39, 0.29) is 5.54 Å².